The predicted molar refractivity (Wildman–Crippen MR) is 92.8 cm³/mol. The fraction of sp³-hybridized carbons (Fsp3) is 0.250. The highest BCUT2D eigenvalue weighted by Gasteiger charge is 2.09. The number of hydrogen-bond acceptors (Lipinski definition) is 2. The molecule has 0 aliphatic heterocycles. The zero-order chi connectivity index (χ0) is 15.8. The second-order valence-electron chi connectivity index (χ2n) is 5.22. The van der Waals surface area contributed by atoms with Gasteiger partial charge in [0.1, 0.15) is 0 Å². The molecule has 2 nitrogen and oxygen atoms in total. The summed E-state index contributed by atoms with van der Waals surface area (Å²) in [5, 5.41) is 0. The third kappa shape index (κ3) is 4.40. The molecule has 0 heterocycles. The van der Waals surface area contributed by atoms with Gasteiger partial charge in [0.05, 0.1) is 6.54 Å². The van der Waals surface area contributed by atoms with Crippen LogP contribution in [-0.4, -0.2) is 30.3 Å². The molecule has 114 valence electrons. The molecule has 0 saturated heterocycles. The molecule has 2 heteroatoms. The molecule has 0 bridgehead atoms. The summed E-state index contributed by atoms with van der Waals surface area (Å²) in [4.78, 5) is 14.5. The van der Waals surface area contributed by atoms with E-state index in [1.807, 2.05) is 60.7 Å². The maximum absolute atomic E-state index is 12.4. The Morgan fingerprint density at radius 1 is 0.864 bits per heavy atom. The summed E-state index contributed by atoms with van der Waals surface area (Å²) < 4.78 is 0. The Morgan fingerprint density at radius 3 is 1.73 bits per heavy atom. The minimum Gasteiger partial charge on any atom is -0.296 e. The molecule has 0 unspecified atom stereocenters. The molecule has 0 N–H and O–H groups in total. The van der Waals surface area contributed by atoms with Crippen molar-refractivity contribution in [1.82, 2.24) is 4.90 Å². The summed E-state index contributed by atoms with van der Waals surface area (Å²) in [6, 6.07) is 20.2. The number of carbonyl (C=O) groups excluding carboxylic acids is 1. The summed E-state index contributed by atoms with van der Waals surface area (Å²) >= 11 is 0. The minimum atomic E-state index is 0.145. The summed E-state index contributed by atoms with van der Waals surface area (Å²) in [7, 11) is 0. The summed E-state index contributed by atoms with van der Waals surface area (Å²) in [5.74, 6) is 0.145. The van der Waals surface area contributed by atoms with Crippen molar-refractivity contribution in [2.45, 2.75) is 13.8 Å². The van der Waals surface area contributed by atoms with E-state index < -0.39 is 0 Å². The highest BCUT2D eigenvalue weighted by molar-refractivity contribution is 6.01. The highest BCUT2D eigenvalue weighted by Crippen LogP contribution is 2.23. The standard InChI is InChI=1S/C20H23NO/c1-3-21(4-2)16-19(22)15-20(17-11-7-5-8-12-17)18-13-9-6-10-14-18/h5-15H,3-4,16H2,1-2H3. The Morgan fingerprint density at radius 2 is 1.32 bits per heavy atom. The fourth-order valence-corrected chi connectivity index (χ4v) is 2.44. The van der Waals surface area contributed by atoms with Crippen LogP contribution >= 0.6 is 0 Å². The number of carbonyl (C=O) groups is 1. The van der Waals surface area contributed by atoms with Gasteiger partial charge in [-0.2, -0.15) is 0 Å². The molecule has 2 aromatic carbocycles. The molecular weight excluding hydrogens is 270 g/mol. The lowest BCUT2D eigenvalue weighted by atomic mass is 9.96. The van der Waals surface area contributed by atoms with Crippen molar-refractivity contribution in [2.75, 3.05) is 19.6 Å². The fourth-order valence-electron chi connectivity index (χ4n) is 2.44. The predicted octanol–water partition coefficient (Wildman–Crippen LogP) is 4.03. The Balaban J connectivity index is 2.33. The second-order valence-corrected chi connectivity index (χ2v) is 5.22. The zero-order valence-electron chi connectivity index (χ0n) is 13.3. The van der Waals surface area contributed by atoms with Gasteiger partial charge in [-0.25, -0.2) is 0 Å². The number of benzene rings is 2. The normalized spacial score (nSPS) is 10.5. The quantitative estimate of drug-likeness (QED) is 0.718. The van der Waals surface area contributed by atoms with E-state index in [1.54, 1.807) is 6.08 Å². The lowest BCUT2D eigenvalue weighted by Crippen LogP contribution is -2.28. The molecular formula is C20H23NO. The number of hydrogen-bond donors (Lipinski definition) is 0. The molecule has 2 aromatic rings. The van der Waals surface area contributed by atoms with Crippen molar-refractivity contribution in [1.29, 1.82) is 0 Å². The van der Waals surface area contributed by atoms with Crippen molar-refractivity contribution in [3.8, 4) is 0 Å². The zero-order valence-corrected chi connectivity index (χ0v) is 13.3. The molecule has 22 heavy (non-hydrogen) atoms. The van der Waals surface area contributed by atoms with Crippen LogP contribution in [0.3, 0.4) is 0 Å². The van der Waals surface area contributed by atoms with Crippen LogP contribution in [0.15, 0.2) is 66.7 Å². The Hall–Kier alpha value is -2.19. The summed E-state index contributed by atoms with van der Waals surface area (Å²) in [6.45, 7) is 6.41. The van der Waals surface area contributed by atoms with Crippen LogP contribution < -0.4 is 0 Å². The van der Waals surface area contributed by atoms with E-state index >= 15 is 0 Å². The first-order valence-electron chi connectivity index (χ1n) is 7.82. The van der Waals surface area contributed by atoms with Gasteiger partial charge in [0.2, 0.25) is 0 Å². The van der Waals surface area contributed by atoms with E-state index in [9.17, 15) is 4.79 Å². The lowest BCUT2D eigenvalue weighted by Gasteiger charge is -2.16. The van der Waals surface area contributed by atoms with E-state index in [-0.39, 0.29) is 5.78 Å². The van der Waals surface area contributed by atoms with Crippen molar-refractivity contribution in [3.05, 3.63) is 77.9 Å². The van der Waals surface area contributed by atoms with Crippen LogP contribution in [0.2, 0.25) is 0 Å². The van der Waals surface area contributed by atoms with Gasteiger partial charge in [-0.15, -0.1) is 0 Å². The van der Waals surface area contributed by atoms with Gasteiger partial charge >= 0.3 is 0 Å². The van der Waals surface area contributed by atoms with Crippen molar-refractivity contribution in [3.63, 3.8) is 0 Å². The first-order chi connectivity index (χ1) is 10.7. The average molecular weight is 293 g/mol. The largest absolute Gasteiger partial charge is 0.296 e. The SMILES string of the molecule is CCN(CC)CC(=O)C=C(c1ccccc1)c1ccccc1. The van der Waals surface area contributed by atoms with E-state index in [2.05, 4.69) is 18.7 Å². The number of rotatable bonds is 7. The van der Waals surface area contributed by atoms with Crippen LogP contribution in [-0.2, 0) is 4.79 Å². The number of ketones is 1. The van der Waals surface area contributed by atoms with Gasteiger partial charge in [-0.3, -0.25) is 9.69 Å². The summed E-state index contributed by atoms with van der Waals surface area (Å²) in [6.07, 6.45) is 1.78. The minimum absolute atomic E-state index is 0.145. The molecule has 0 radical (unpaired) electrons. The highest BCUT2D eigenvalue weighted by atomic mass is 16.1. The molecule has 2 rings (SSSR count). The third-order valence-electron chi connectivity index (χ3n) is 3.75. The number of nitrogens with zero attached hydrogens (tertiary/aromatic N) is 1. The van der Waals surface area contributed by atoms with Crippen molar-refractivity contribution in [2.24, 2.45) is 0 Å². The third-order valence-corrected chi connectivity index (χ3v) is 3.75. The van der Waals surface area contributed by atoms with E-state index in [4.69, 9.17) is 0 Å². The Labute approximate surface area is 133 Å². The van der Waals surface area contributed by atoms with Crippen LogP contribution in [0.25, 0.3) is 5.57 Å². The first-order valence-corrected chi connectivity index (χ1v) is 7.82. The Kier molecular flexibility index (Phi) is 6.11. The lowest BCUT2D eigenvalue weighted by molar-refractivity contribution is -0.115. The number of likely N-dealkylation sites (N-methyl/N-ethyl adjacent to an activating group) is 1. The van der Waals surface area contributed by atoms with E-state index in [1.165, 1.54) is 0 Å². The maximum Gasteiger partial charge on any atom is 0.170 e. The van der Waals surface area contributed by atoms with Crippen LogP contribution in [0, 0.1) is 0 Å². The summed E-state index contributed by atoms with van der Waals surface area (Å²) in [5.41, 5.74) is 3.13. The first kappa shape index (κ1) is 16.2. The van der Waals surface area contributed by atoms with Gasteiger partial charge in [-0.05, 0) is 35.9 Å². The van der Waals surface area contributed by atoms with Crippen molar-refractivity contribution < 1.29 is 4.79 Å². The van der Waals surface area contributed by atoms with Crippen LogP contribution in [0.1, 0.15) is 25.0 Å². The molecule has 0 fully saturated rings. The van der Waals surface area contributed by atoms with Gasteiger partial charge in [0.25, 0.3) is 0 Å². The monoisotopic (exact) mass is 293 g/mol. The van der Waals surface area contributed by atoms with Gasteiger partial charge in [0, 0.05) is 0 Å². The molecule has 0 amide bonds. The molecule has 0 aliphatic carbocycles. The van der Waals surface area contributed by atoms with Crippen LogP contribution in [0.5, 0.6) is 0 Å². The maximum atomic E-state index is 12.4. The molecule has 0 spiro atoms. The average Bonchev–Trinajstić information content (AvgIpc) is 2.59. The van der Waals surface area contributed by atoms with Gasteiger partial charge < -0.3 is 0 Å². The second kappa shape index (κ2) is 8.30. The Bertz CT molecular complexity index is 571. The van der Waals surface area contributed by atoms with Gasteiger partial charge in [0.15, 0.2) is 5.78 Å². The van der Waals surface area contributed by atoms with Crippen LogP contribution in [0.4, 0.5) is 0 Å². The molecule has 0 saturated carbocycles. The van der Waals surface area contributed by atoms with Crippen molar-refractivity contribution >= 4 is 11.4 Å². The molecule has 0 aliphatic rings. The topological polar surface area (TPSA) is 20.3 Å². The molecule has 0 atom stereocenters. The smallest absolute Gasteiger partial charge is 0.170 e. The molecule has 0 aromatic heterocycles. The van der Waals surface area contributed by atoms with E-state index in [0.29, 0.717) is 6.54 Å². The van der Waals surface area contributed by atoms with E-state index in [0.717, 1.165) is 29.8 Å². The van der Waals surface area contributed by atoms with Gasteiger partial charge in [-0.1, -0.05) is 74.5 Å².